The molecule has 0 saturated carbocycles. The normalized spacial score (nSPS) is 41.9. The number of hydrogen-bond acceptors (Lipinski definition) is 24. The van der Waals surface area contributed by atoms with Gasteiger partial charge in [0.05, 0.1) is 38.4 Å². The van der Waals surface area contributed by atoms with E-state index in [1.807, 2.05) is 0 Å². The molecule has 0 aromatic carbocycles. The molecule has 4 aliphatic rings. The first-order valence-corrected chi connectivity index (χ1v) is 22.3. The fourth-order valence-corrected chi connectivity index (χ4v) is 8.65. The van der Waals surface area contributed by atoms with Gasteiger partial charge in [0.1, 0.15) is 105 Å². The van der Waals surface area contributed by atoms with E-state index in [0.717, 1.165) is 14.2 Å². The van der Waals surface area contributed by atoms with Gasteiger partial charge in [0.15, 0.2) is 0 Å². The zero-order chi connectivity index (χ0) is 44.0. The zero-order valence-electron chi connectivity index (χ0n) is 30.8. The van der Waals surface area contributed by atoms with E-state index in [1.54, 1.807) is 0 Å². The van der Waals surface area contributed by atoms with Gasteiger partial charge in [0, 0.05) is 40.4 Å². The van der Waals surface area contributed by atoms with Gasteiger partial charge in [-0.15, -0.1) is 0 Å². The molecule has 0 spiro atoms. The first-order valence-electron chi connectivity index (χ1n) is 16.5. The van der Waals surface area contributed by atoms with Gasteiger partial charge < -0.3 is 94.4 Å². The lowest BCUT2D eigenvalue weighted by molar-refractivity contribution is -0.240. The van der Waals surface area contributed by atoms with Crippen molar-refractivity contribution in [3.05, 3.63) is 0 Å². The molecule has 0 bridgehead atoms. The highest BCUT2D eigenvalue weighted by Crippen LogP contribution is 2.48. The van der Waals surface area contributed by atoms with Crippen LogP contribution in [0.5, 0.6) is 0 Å². The number of phosphoric ester groups is 4. The van der Waals surface area contributed by atoms with E-state index in [9.17, 15) is 56.8 Å². The number of halogens is 2. The lowest BCUT2D eigenvalue weighted by atomic mass is 9.93. The molecule has 0 aromatic rings. The summed E-state index contributed by atoms with van der Waals surface area (Å²) in [6, 6.07) is -5.63. The first-order chi connectivity index (χ1) is 26.8. The summed E-state index contributed by atoms with van der Waals surface area (Å²) in [6.45, 7) is -2.08. The van der Waals surface area contributed by atoms with Crippen molar-refractivity contribution in [2.75, 3.05) is 54.9 Å². The Morgan fingerprint density at radius 1 is 0.500 bits per heavy atom. The number of hydrogen-bond donors (Lipinski definition) is 2. The minimum atomic E-state index is -5.20. The Morgan fingerprint density at radius 3 is 1.14 bits per heavy atom. The molecule has 4 rings (SSSR count). The van der Waals surface area contributed by atoms with E-state index in [-0.39, 0.29) is 13.2 Å². The molecule has 58 heavy (non-hydrogen) atoms. The summed E-state index contributed by atoms with van der Waals surface area (Å²) < 4.78 is 141. The molecule has 0 aliphatic carbocycles. The molecule has 0 aromatic heterocycles. The smallest absolute Gasteiger partial charge is 0.268 e. The largest absolute Gasteiger partial charge is 0.756 e. The van der Waals surface area contributed by atoms with Crippen LogP contribution in [0.4, 0.5) is 8.78 Å². The summed E-state index contributed by atoms with van der Waals surface area (Å²) in [5.41, 5.74) is 0. The number of phosphoric acid groups is 4. The SMILES string of the molecule is [B][C@@H]1O[C@H](COP(=O)([O-])O[C@@H]2C(F)[C@H]([B])O[C@@H]2COC)[C@H](OP(=O)([O-])OC)C1F.[B][C@@H]1O[C@H](COP(=O)([O-])O[C@@H]2C(O)[C@H]([B])O[C@@H]2COC)[C@H](OP(=O)([O-])OC)C1O. The van der Waals surface area contributed by atoms with Crippen molar-refractivity contribution in [2.45, 2.75) is 97.4 Å². The second kappa shape index (κ2) is 22.2. The van der Waals surface area contributed by atoms with Gasteiger partial charge in [-0.25, -0.2) is 8.78 Å². The van der Waals surface area contributed by atoms with Gasteiger partial charge in [0.25, 0.3) is 31.3 Å². The monoisotopic (exact) mass is 916 g/mol. The molecule has 8 unspecified atom stereocenters. The second-order valence-electron chi connectivity index (χ2n) is 12.4. The van der Waals surface area contributed by atoms with Gasteiger partial charge in [-0.2, -0.15) is 0 Å². The van der Waals surface area contributed by atoms with Crippen LogP contribution in [0.15, 0.2) is 0 Å². The molecule has 34 heteroatoms. The molecule has 24 nitrogen and oxygen atoms in total. The Bertz CT molecular complexity index is 1400. The van der Waals surface area contributed by atoms with Crippen LogP contribution in [0.25, 0.3) is 0 Å². The Balaban J connectivity index is 0.000000310. The van der Waals surface area contributed by atoms with Gasteiger partial charge in [0.2, 0.25) is 0 Å². The Labute approximate surface area is 336 Å². The van der Waals surface area contributed by atoms with Crippen molar-refractivity contribution >= 4 is 62.7 Å². The standard InChI is InChI=1S/C12H20B2F2O11P2.C12H22B2O13P2/c2*1-21-3-5-9(7(15)11(13)24-5)27-29(19,20)23-4-6-10(8(16)12(14)25-6)26-28(17,18)22-2/h5-12H,3-4H2,1-2H3,(H,17,18)(H,19,20);5-12,15-16H,3-4H2,1-2H3,(H,17,18)(H,19,20)/p-4/t2*5-,6-,7?,8?,9+,10+,11-,12-/m11/s1. The summed E-state index contributed by atoms with van der Waals surface area (Å²) in [4.78, 5) is 47.1. The molecule has 4 aliphatic heterocycles. The highest BCUT2D eigenvalue weighted by atomic mass is 31.2. The van der Waals surface area contributed by atoms with Crippen LogP contribution in [0, 0.1) is 0 Å². The summed E-state index contributed by atoms with van der Waals surface area (Å²) in [6.07, 6.45) is -18.8. The average molecular weight is 916 g/mol. The van der Waals surface area contributed by atoms with Crippen molar-refractivity contribution in [3.8, 4) is 0 Å². The third-order valence-corrected chi connectivity index (χ3v) is 12.1. The number of rotatable bonds is 20. The van der Waals surface area contributed by atoms with E-state index < -0.39 is 142 Å². The number of alkyl halides is 2. The Hall–Kier alpha value is 0.240. The van der Waals surface area contributed by atoms with Crippen molar-refractivity contribution in [2.24, 2.45) is 0 Å². The lowest BCUT2D eigenvalue weighted by Crippen LogP contribution is -2.39. The maximum absolute atomic E-state index is 14.1. The number of aliphatic hydroxyl groups excluding tert-OH is 2. The van der Waals surface area contributed by atoms with Gasteiger partial charge in [-0.1, -0.05) is 0 Å². The number of aliphatic hydroxyl groups is 2. The van der Waals surface area contributed by atoms with Crippen LogP contribution in [0.2, 0.25) is 0 Å². The summed E-state index contributed by atoms with van der Waals surface area (Å²) in [5, 5.41) is 19.8. The highest BCUT2D eigenvalue weighted by Gasteiger charge is 2.49. The average Bonchev–Trinajstić information content (AvgIpc) is 3.76. The van der Waals surface area contributed by atoms with Gasteiger partial charge >= 0.3 is 0 Å². The molecule has 0 amide bonds. The molecular weight excluding hydrogens is 877 g/mol. The summed E-state index contributed by atoms with van der Waals surface area (Å²) >= 11 is 0. The van der Waals surface area contributed by atoms with E-state index in [4.69, 9.17) is 64.3 Å². The molecule has 4 heterocycles. The highest BCUT2D eigenvalue weighted by molar-refractivity contribution is 7.46. The summed E-state index contributed by atoms with van der Waals surface area (Å²) in [5.74, 6) is 0. The zero-order valence-corrected chi connectivity index (χ0v) is 34.4. The fourth-order valence-electron chi connectivity index (χ4n) is 5.48. The predicted molar refractivity (Wildman–Crippen MR) is 179 cm³/mol. The topological polar surface area (TPSA) is 330 Å². The Morgan fingerprint density at radius 2 is 0.776 bits per heavy atom. The first kappa shape index (κ1) is 52.6. The van der Waals surface area contributed by atoms with E-state index >= 15 is 0 Å². The van der Waals surface area contributed by atoms with Gasteiger partial charge in [-0.3, -0.25) is 18.3 Å². The van der Waals surface area contributed by atoms with Crippen LogP contribution >= 0.6 is 31.3 Å². The molecule has 8 radical (unpaired) electrons. The maximum atomic E-state index is 14.1. The van der Waals surface area contributed by atoms with Gasteiger partial charge in [-0.05, 0) is 0 Å². The van der Waals surface area contributed by atoms with E-state index in [1.165, 1.54) is 14.2 Å². The van der Waals surface area contributed by atoms with Crippen molar-refractivity contribution in [3.63, 3.8) is 0 Å². The van der Waals surface area contributed by atoms with Crippen LogP contribution in [-0.4, -0.2) is 194 Å². The fraction of sp³-hybridized carbons (Fsp3) is 1.00. The minimum absolute atomic E-state index is 0.117. The Kier molecular flexibility index (Phi) is 20.2. The molecular formula is C24H38B4F2O24P4-4. The van der Waals surface area contributed by atoms with E-state index in [2.05, 4.69) is 31.7 Å². The molecule has 4 fully saturated rings. The molecule has 2 N–H and O–H groups in total. The lowest BCUT2D eigenvalue weighted by Gasteiger charge is -2.32. The van der Waals surface area contributed by atoms with Crippen molar-refractivity contribution in [1.29, 1.82) is 0 Å². The molecule has 20 atom stereocenters. The number of methoxy groups -OCH3 is 2. The van der Waals surface area contributed by atoms with Crippen LogP contribution in [0.1, 0.15) is 0 Å². The minimum Gasteiger partial charge on any atom is -0.756 e. The third-order valence-electron chi connectivity index (χ3n) is 8.30. The van der Waals surface area contributed by atoms with Crippen molar-refractivity contribution < 1.29 is 121 Å². The summed E-state index contributed by atoms with van der Waals surface area (Å²) in [7, 11) is 5.94. The molecule has 4 saturated heterocycles. The number of ether oxygens (including phenoxy) is 6. The predicted octanol–water partition coefficient (Wildman–Crippen LogP) is -5.02. The van der Waals surface area contributed by atoms with Crippen LogP contribution in [0.3, 0.4) is 0 Å². The van der Waals surface area contributed by atoms with Crippen LogP contribution in [-0.2, 0) is 82.9 Å². The quantitative estimate of drug-likeness (QED) is 0.0853. The molecule has 328 valence electrons. The van der Waals surface area contributed by atoms with Crippen molar-refractivity contribution in [1.82, 2.24) is 0 Å². The second-order valence-corrected chi connectivity index (χ2v) is 18.0. The van der Waals surface area contributed by atoms with E-state index in [0.29, 0.717) is 0 Å². The van der Waals surface area contributed by atoms with Crippen LogP contribution < -0.4 is 19.6 Å². The maximum Gasteiger partial charge on any atom is 0.268 e. The third kappa shape index (κ3) is 14.6.